The molecule has 0 atom stereocenters. The zero-order valence-electron chi connectivity index (χ0n) is 14.2. The molecule has 0 bridgehead atoms. The molecule has 0 aliphatic carbocycles. The molecule has 25 heavy (non-hydrogen) atoms. The first kappa shape index (κ1) is 17.8. The number of hydrogen-bond donors (Lipinski definition) is 1. The second kappa shape index (κ2) is 8.42. The minimum atomic E-state index is 0.244. The Morgan fingerprint density at radius 1 is 1.08 bits per heavy atom. The van der Waals surface area contributed by atoms with Gasteiger partial charge in [-0.25, -0.2) is 9.97 Å². The summed E-state index contributed by atoms with van der Waals surface area (Å²) in [6.45, 7) is 6.92. The van der Waals surface area contributed by atoms with Crippen LogP contribution in [0.2, 0.25) is 5.28 Å². The van der Waals surface area contributed by atoms with Gasteiger partial charge in [0.05, 0.1) is 13.2 Å². The lowest BCUT2D eigenvalue weighted by Crippen LogP contribution is -2.37. The number of nitrogens with zero attached hydrogens (tertiary/aromatic N) is 4. The summed E-state index contributed by atoms with van der Waals surface area (Å²) in [6.07, 6.45) is 0. The molecule has 0 spiro atoms. The van der Waals surface area contributed by atoms with Gasteiger partial charge < -0.3 is 15.0 Å². The molecule has 0 radical (unpaired) electrons. The first-order valence-electron chi connectivity index (χ1n) is 8.28. The molecular formula is C17H20ClN5OS. The first-order chi connectivity index (χ1) is 12.3. The maximum absolute atomic E-state index is 6.09. The normalized spacial score (nSPS) is 14.1. The molecule has 6 nitrogen and oxygen atoms in total. The van der Waals surface area contributed by atoms with Crippen LogP contribution in [0, 0.1) is 0 Å². The van der Waals surface area contributed by atoms with E-state index in [2.05, 4.69) is 25.2 Å². The van der Waals surface area contributed by atoms with Crippen molar-refractivity contribution < 1.29 is 4.74 Å². The predicted octanol–water partition coefficient (Wildman–Crippen LogP) is 4.35. The number of para-hydroxylation sites is 1. The summed E-state index contributed by atoms with van der Waals surface area (Å²) in [5.41, 5.74) is 1.76. The molecule has 1 aliphatic heterocycles. The van der Waals surface area contributed by atoms with E-state index in [1.165, 1.54) is 11.3 Å². The second-order valence-corrected chi connectivity index (χ2v) is 6.40. The molecule has 0 unspecified atom stereocenters. The number of nitrogens with one attached hydrogen (secondary N) is 1. The molecule has 1 aromatic carbocycles. The Balaban J connectivity index is 0.000000880. The standard InChI is InChI=1S/C15H14ClN5OS.C2H6/c16-14-19-12(21-6-8-22-9-7-21)11-13(20-14)23-15(18-11)17-10-4-2-1-3-5-10;1-2/h1-5H,6-9H2,(H,17,18);1-2H3. The fraction of sp³-hybridized carbons (Fsp3) is 0.353. The van der Waals surface area contributed by atoms with Crippen LogP contribution in [0.1, 0.15) is 13.8 Å². The van der Waals surface area contributed by atoms with Crippen molar-refractivity contribution in [2.24, 2.45) is 0 Å². The maximum Gasteiger partial charge on any atom is 0.225 e. The molecule has 132 valence electrons. The van der Waals surface area contributed by atoms with E-state index in [1.807, 2.05) is 44.2 Å². The highest BCUT2D eigenvalue weighted by molar-refractivity contribution is 7.21. The van der Waals surface area contributed by atoms with E-state index in [0.717, 1.165) is 40.1 Å². The van der Waals surface area contributed by atoms with Crippen molar-refractivity contribution in [3.05, 3.63) is 35.6 Å². The van der Waals surface area contributed by atoms with E-state index in [4.69, 9.17) is 16.3 Å². The van der Waals surface area contributed by atoms with Gasteiger partial charge in [-0.3, -0.25) is 0 Å². The number of anilines is 3. The zero-order valence-corrected chi connectivity index (χ0v) is 15.8. The van der Waals surface area contributed by atoms with Crippen LogP contribution >= 0.6 is 22.9 Å². The van der Waals surface area contributed by atoms with E-state index in [-0.39, 0.29) is 5.28 Å². The van der Waals surface area contributed by atoms with Crippen LogP contribution in [-0.4, -0.2) is 41.3 Å². The van der Waals surface area contributed by atoms with Crippen LogP contribution in [0.3, 0.4) is 0 Å². The lowest BCUT2D eigenvalue weighted by Gasteiger charge is -2.27. The van der Waals surface area contributed by atoms with Crippen molar-refractivity contribution in [2.75, 3.05) is 36.5 Å². The Labute approximate surface area is 155 Å². The third-order valence-corrected chi connectivity index (χ3v) is 4.58. The van der Waals surface area contributed by atoms with Crippen LogP contribution < -0.4 is 10.2 Å². The molecule has 1 fully saturated rings. The molecule has 1 N–H and O–H groups in total. The topological polar surface area (TPSA) is 63.2 Å². The maximum atomic E-state index is 6.09. The average molecular weight is 378 g/mol. The van der Waals surface area contributed by atoms with Gasteiger partial charge >= 0.3 is 0 Å². The fourth-order valence-corrected chi connectivity index (χ4v) is 3.55. The van der Waals surface area contributed by atoms with Crippen molar-refractivity contribution in [3.8, 4) is 0 Å². The number of thiazole rings is 1. The fourth-order valence-electron chi connectivity index (χ4n) is 2.48. The molecule has 0 saturated carbocycles. The van der Waals surface area contributed by atoms with Crippen molar-refractivity contribution in [2.45, 2.75) is 13.8 Å². The number of halogens is 1. The summed E-state index contributed by atoms with van der Waals surface area (Å²) >= 11 is 7.56. The van der Waals surface area contributed by atoms with E-state index in [9.17, 15) is 0 Å². The molecule has 8 heteroatoms. The van der Waals surface area contributed by atoms with Crippen LogP contribution in [0.15, 0.2) is 30.3 Å². The minimum Gasteiger partial charge on any atom is -0.378 e. The zero-order chi connectivity index (χ0) is 17.6. The molecule has 0 amide bonds. The highest BCUT2D eigenvalue weighted by atomic mass is 35.5. The predicted molar refractivity (Wildman–Crippen MR) is 104 cm³/mol. The molecule has 1 saturated heterocycles. The minimum absolute atomic E-state index is 0.244. The highest BCUT2D eigenvalue weighted by Crippen LogP contribution is 2.33. The third kappa shape index (κ3) is 4.18. The van der Waals surface area contributed by atoms with Gasteiger partial charge in [0.2, 0.25) is 5.28 Å². The number of ether oxygens (including phenoxy) is 1. The van der Waals surface area contributed by atoms with E-state index in [1.54, 1.807) is 0 Å². The Bertz CT molecular complexity index is 821. The van der Waals surface area contributed by atoms with Crippen LogP contribution in [0.5, 0.6) is 0 Å². The number of aromatic nitrogens is 3. The summed E-state index contributed by atoms with van der Waals surface area (Å²) in [5.74, 6) is 0.778. The van der Waals surface area contributed by atoms with Gasteiger partial charge in [0.15, 0.2) is 15.8 Å². The number of benzene rings is 1. The van der Waals surface area contributed by atoms with Gasteiger partial charge in [-0.15, -0.1) is 0 Å². The average Bonchev–Trinajstić information content (AvgIpc) is 3.06. The summed E-state index contributed by atoms with van der Waals surface area (Å²) in [7, 11) is 0. The molecule has 4 rings (SSSR count). The van der Waals surface area contributed by atoms with Crippen molar-refractivity contribution >= 4 is 49.9 Å². The molecule has 3 heterocycles. The van der Waals surface area contributed by atoms with Gasteiger partial charge in [0.1, 0.15) is 5.52 Å². The van der Waals surface area contributed by atoms with Gasteiger partial charge in [0.25, 0.3) is 0 Å². The molecule has 2 aromatic heterocycles. The van der Waals surface area contributed by atoms with E-state index in [0.29, 0.717) is 13.2 Å². The highest BCUT2D eigenvalue weighted by Gasteiger charge is 2.20. The van der Waals surface area contributed by atoms with Crippen LogP contribution in [-0.2, 0) is 4.74 Å². The van der Waals surface area contributed by atoms with Crippen LogP contribution in [0.25, 0.3) is 10.3 Å². The Morgan fingerprint density at radius 2 is 1.80 bits per heavy atom. The van der Waals surface area contributed by atoms with Crippen LogP contribution in [0.4, 0.5) is 16.6 Å². The monoisotopic (exact) mass is 377 g/mol. The van der Waals surface area contributed by atoms with Crippen molar-refractivity contribution in [1.29, 1.82) is 0 Å². The molecular weight excluding hydrogens is 358 g/mol. The van der Waals surface area contributed by atoms with Gasteiger partial charge in [-0.2, -0.15) is 4.98 Å². The van der Waals surface area contributed by atoms with Crippen molar-refractivity contribution in [3.63, 3.8) is 0 Å². The Hall–Kier alpha value is -1.96. The lowest BCUT2D eigenvalue weighted by atomic mass is 10.3. The quantitative estimate of drug-likeness (QED) is 0.685. The number of rotatable bonds is 3. The Kier molecular flexibility index (Phi) is 6.01. The van der Waals surface area contributed by atoms with E-state index < -0.39 is 0 Å². The smallest absolute Gasteiger partial charge is 0.225 e. The molecule has 1 aliphatic rings. The largest absolute Gasteiger partial charge is 0.378 e. The third-order valence-electron chi connectivity index (χ3n) is 3.55. The number of hydrogen-bond acceptors (Lipinski definition) is 7. The van der Waals surface area contributed by atoms with Gasteiger partial charge in [0, 0.05) is 18.8 Å². The first-order valence-corrected chi connectivity index (χ1v) is 9.48. The summed E-state index contributed by atoms with van der Waals surface area (Å²) in [5, 5.41) is 4.32. The van der Waals surface area contributed by atoms with E-state index >= 15 is 0 Å². The number of fused-ring (bicyclic) bond motifs is 1. The summed E-state index contributed by atoms with van der Waals surface area (Å²) < 4.78 is 5.40. The van der Waals surface area contributed by atoms with Crippen molar-refractivity contribution in [1.82, 2.24) is 15.0 Å². The number of morpholine rings is 1. The molecule has 3 aromatic rings. The SMILES string of the molecule is CC.Clc1nc(N2CCOCC2)c2nc(Nc3ccccc3)sc2n1. The lowest BCUT2D eigenvalue weighted by molar-refractivity contribution is 0.122. The summed E-state index contributed by atoms with van der Waals surface area (Å²) in [4.78, 5) is 16.3. The summed E-state index contributed by atoms with van der Waals surface area (Å²) in [6, 6.07) is 9.92. The second-order valence-electron chi connectivity index (χ2n) is 5.08. The Morgan fingerprint density at radius 3 is 2.52 bits per heavy atom. The van der Waals surface area contributed by atoms with Gasteiger partial charge in [-0.1, -0.05) is 43.4 Å². The van der Waals surface area contributed by atoms with Gasteiger partial charge in [-0.05, 0) is 23.7 Å².